The van der Waals surface area contributed by atoms with Gasteiger partial charge in [-0.2, -0.15) is 0 Å². The lowest BCUT2D eigenvalue weighted by atomic mass is 10.0. The van der Waals surface area contributed by atoms with E-state index in [0.29, 0.717) is 15.8 Å². The van der Waals surface area contributed by atoms with Crippen LogP contribution in [-0.2, 0) is 4.84 Å². The first-order valence-corrected chi connectivity index (χ1v) is 9.56. The normalized spacial score (nSPS) is 15.9. The molecule has 0 fully saturated rings. The van der Waals surface area contributed by atoms with Crippen molar-refractivity contribution >= 4 is 34.5 Å². The zero-order valence-electron chi connectivity index (χ0n) is 14.2. The summed E-state index contributed by atoms with van der Waals surface area (Å²) in [5.41, 5.74) is 7.00. The second-order valence-electron chi connectivity index (χ2n) is 5.97. The van der Waals surface area contributed by atoms with Gasteiger partial charge in [0.05, 0.1) is 21.5 Å². The number of hydrogen-bond donors (Lipinski definition) is 2. The van der Waals surface area contributed by atoms with Gasteiger partial charge in [-0.3, -0.25) is 20.1 Å². The van der Waals surface area contributed by atoms with Crippen LogP contribution < -0.4 is 10.8 Å². The molecule has 3 aromatic rings. The highest BCUT2D eigenvalue weighted by Crippen LogP contribution is 2.24. The molecule has 1 aliphatic rings. The number of carbonyl (C=O) groups is 1. The van der Waals surface area contributed by atoms with E-state index in [1.165, 1.54) is 11.3 Å². The van der Waals surface area contributed by atoms with Gasteiger partial charge in [0.2, 0.25) is 0 Å². The third-order valence-electron chi connectivity index (χ3n) is 4.12. The zero-order chi connectivity index (χ0) is 18.6. The Morgan fingerprint density at radius 1 is 1.15 bits per heavy atom. The van der Waals surface area contributed by atoms with Crippen LogP contribution in [0.4, 0.5) is 0 Å². The minimum absolute atomic E-state index is 0.154. The first kappa shape index (κ1) is 17.7. The Balaban J connectivity index is 1.38. The average molecular weight is 398 g/mol. The quantitative estimate of drug-likeness (QED) is 0.679. The number of hydrogen-bond acceptors (Lipinski definition) is 5. The van der Waals surface area contributed by atoms with Crippen molar-refractivity contribution in [3.63, 3.8) is 0 Å². The number of nitrogens with zero attached hydrogens (tertiary/aromatic N) is 1. The lowest BCUT2D eigenvalue weighted by molar-refractivity contribution is 0.0499. The Labute approximate surface area is 165 Å². The number of nitrogens with one attached hydrogen (secondary N) is 2. The number of thiophene rings is 1. The standard InChI is InChI=1S/C20H16ClN3O2S/c21-19-8-7-18(27-19)20(25)23-12-16-10-17(24-26-16)14-5-3-13(4-6-14)15-2-1-9-22-11-15/h1-11,16,24H,12H2,(H,23,25). The predicted octanol–water partition coefficient (Wildman–Crippen LogP) is 4.14. The van der Waals surface area contributed by atoms with Crippen molar-refractivity contribution in [1.82, 2.24) is 15.8 Å². The number of aromatic nitrogens is 1. The average Bonchev–Trinajstić information content (AvgIpc) is 3.36. The van der Waals surface area contributed by atoms with Gasteiger partial charge in [-0.25, -0.2) is 0 Å². The number of amides is 1. The number of pyridine rings is 1. The molecular weight excluding hydrogens is 382 g/mol. The summed E-state index contributed by atoms with van der Waals surface area (Å²) >= 11 is 7.11. The van der Waals surface area contributed by atoms with E-state index in [4.69, 9.17) is 16.4 Å². The smallest absolute Gasteiger partial charge is 0.261 e. The van der Waals surface area contributed by atoms with Crippen LogP contribution >= 0.6 is 22.9 Å². The fraction of sp³-hybridized carbons (Fsp3) is 0.100. The van der Waals surface area contributed by atoms with Gasteiger partial charge in [0, 0.05) is 12.4 Å². The minimum atomic E-state index is -0.239. The maximum Gasteiger partial charge on any atom is 0.261 e. The highest BCUT2D eigenvalue weighted by molar-refractivity contribution is 7.17. The summed E-state index contributed by atoms with van der Waals surface area (Å²) in [5, 5.41) is 2.85. The van der Waals surface area contributed by atoms with E-state index < -0.39 is 0 Å². The third kappa shape index (κ3) is 4.19. The van der Waals surface area contributed by atoms with E-state index in [0.717, 1.165) is 22.4 Å². The number of hydroxylamine groups is 1. The summed E-state index contributed by atoms with van der Waals surface area (Å²) in [6, 6.07) is 15.5. The summed E-state index contributed by atoms with van der Waals surface area (Å²) in [5.74, 6) is -0.154. The molecule has 0 radical (unpaired) electrons. The van der Waals surface area contributed by atoms with E-state index in [9.17, 15) is 4.79 Å². The van der Waals surface area contributed by atoms with Crippen molar-refractivity contribution in [3.05, 3.63) is 81.8 Å². The molecule has 0 saturated carbocycles. The molecule has 1 unspecified atom stereocenters. The summed E-state index contributed by atoms with van der Waals surface area (Å²) in [7, 11) is 0. The Morgan fingerprint density at radius 2 is 1.96 bits per heavy atom. The molecule has 27 heavy (non-hydrogen) atoms. The van der Waals surface area contributed by atoms with E-state index >= 15 is 0 Å². The number of rotatable bonds is 5. The molecule has 0 spiro atoms. The molecule has 0 bridgehead atoms. The second kappa shape index (κ2) is 7.92. The van der Waals surface area contributed by atoms with Crippen LogP contribution in [0.3, 0.4) is 0 Å². The van der Waals surface area contributed by atoms with Crippen molar-refractivity contribution in [2.24, 2.45) is 0 Å². The molecule has 4 rings (SSSR count). The van der Waals surface area contributed by atoms with Crippen molar-refractivity contribution in [2.75, 3.05) is 6.54 Å². The topological polar surface area (TPSA) is 63.2 Å². The molecule has 1 aliphatic heterocycles. The molecule has 1 amide bonds. The highest BCUT2D eigenvalue weighted by atomic mass is 35.5. The molecule has 0 saturated heterocycles. The molecule has 136 valence electrons. The SMILES string of the molecule is O=C(NCC1C=C(c2ccc(-c3cccnc3)cc2)NO1)c1ccc(Cl)s1. The summed E-state index contributed by atoms with van der Waals surface area (Å²) in [6.07, 6.45) is 5.32. The first-order valence-electron chi connectivity index (χ1n) is 8.37. The lowest BCUT2D eigenvalue weighted by Gasteiger charge is -2.08. The summed E-state index contributed by atoms with van der Waals surface area (Å²) in [6.45, 7) is 0.374. The summed E-state index contributed by atoms with van der Waals surface area (Å²) in [4.78, 5) is 22.3. The van der Waals surface area contributed by atoms with Gasteiger partial charge < -0.3 is 5.32 Å². The Bertz CT molecular complexity index is 970. The Kier molecular flexibility index (Phi) is 5.20. The number of benzene rings is 1. The van der Waals surface area contributed by atoms with Gasteiger partial charge in [-0.05, 0) is 41.0 Å². The minimum Gasteiger partial charge on any atom is -0.348 e. The molecule has 2 aromatic heterocycles. The third-order valence-corrected chi connectivity index (χ3v) is 5.35. The fourth-order valence-corrected chi connectivity index (χ4v) is 3.70. The van der Waals surface area contributed by atoms with Crippen molar-refractivity contribution < 1.29 is 9.63 Å². The Hall–Kier alpha value is -2.67. The van der Waals surface area contributed by atoms with Crippen LogP contribution in [0.5, 0.6) is 0 Å². The monoisotopic (exact) mass is 397 g/mol. The van der Waals surface area contributed by atoms with Gasteiger partial charge in [0.25, 0.3) is 5.91 Å². The van der Waals surface area contributed by atoms with E-state index in [2.05, 4.69) is 15.8 Å². The molecule has 1 atom stereocenters. The van der Waals surface area contributed by atoms with E-state index in [-0.39, 0.29) is 12.0 Å². The maximum atomic E-state index is 12.1. The van der Waals surface area contributed by atoms with Crippen LogP contribution in [0.25, 0.3) is 16.8 Å². The van der Waals surface area contributed by atoms with Gasteiger partial charge in [-0.1, -0.05) is 41.9 Å². The number of halogens is 1. The van der Waals surface area contributed by atoms with Crippen LogP contribution in [0.15, 0.2) is 67.0 Å². The van der Waals surface area contributed by atoms with Crippen molar-refractivity contribution in [3.8, 4) is 11.1 Å². The van der Waals surface area contributed by atoms with Gasteiger partial charge in [-0.15, -0.1) is 11.3 Å². The second-order valence-corrected chi connectivity index (χ2v) is 7.69. The lowest BCUT2D eigenvalue weighted by Crippen LogP contribution is -2.31. The van der Waals surface area contributed by atoms with E-state index in [1.54, 1.807) is 18.3 Å². The van der Waals surface area contributed by atoms with Crippen molar-refractivity contribution in [1.29, 1.82) is 0 Å². The van der Waals surface area contributed by atoms with E-state index in [1.807, 2.05) is 48.7 Å². The van der Waals surface area contributed by atoms with Crippen LogP contribution in [0.1, 0.15) is 15.2 Å². The highest BCUT2D eigenvalue weighted by Gasteiger charge is 2.19. The van der Waals surface area contributed by atoms with Crippen LogP contribution in [0.2, 0.25) is 4.34 Å². The summed E-state index contributed by atoms with van der Waals surface area (Å²) < 4.78 is 0.593. The van der Waals surface area contributed by atoms with Gasteiger partial charge in [0.15, 0.2) is 0 Å². The van der Waals surface area contributed by atoms with Gasteiger partial charge >= 0.3 is 0 Å². The molecule has 7 heteroatoms. The predicted molar refractivity (Wildman–Crippen MR) is 107 cm³/mol. The number of carbonyl (C=O) groups excluding carboxylic acids is 1. The zero-order valence-corrected chi connectivity index (χ0v) is 15.8. The first-order chi connectivity index (χ1) is 13.2. The van der Waals surface area contributed by atoms with Crippen LogP contribution in [-0.4, -0.2) is 23.5 Å². The molecule has 0 aliphatic carbocycles. The molecule has 1 aromatic carbocycles. The molecule has 3 heterocycles. The van der Waals surface area contributed by atoms with Crippen LogP contribution in [0, 0.1) is 0 Å². The van der Waals surface area contributed by atoms with Crippen molar-refractivity contribution in [2.45, 2.75) is 6.10 Å². The molecule has 5 nitrogen and oxygen atoms in total. The maximum absolute atomic E-state index is 12.1. The largest absolute Gasteiger partial charge is 0.348 e. The fourth-order valence-electron chi connectivity index (χ4n) is 2.74. The van der Waals surface area contributed by atoms with Gasteiger partial charge in [0.1, 0.15) is 6.10 Å². The Morgan fingerprint density at radius 3 is 2.67 bits per heavy atom. The molecule has 2 N–H and O–H groups in total. The molecular formula is C20H16ClN3O2S.